The zero-order valence-electron chi connectivity index (χ0n) is 22.5. The van der Waals surface area contributed by atoms with Crippen LogP contribution in [0.15, 0.2) is 83.8 Å². The van der Waals surface area contributed by atoms with Crippen molar-refractivity contribution in [1.82, 2.24) is 10.2 Å². The third kappa shape index (κ3) is 7.35. The number of hydrogen-bond donors (Lipinski definition) is 1. The summed E-state index contributed by atoms with van der Waals surface area (Å²) in [6.07, 6.45) is 0.693. The molecule has 0 saturated heterocycles. The fourth-order valence-corrected chi connectivity index (χ4v) is 5.38. The Morgan fingerprint density at radius 3 is 2.38 bits per heavy atom. The number of ether oxygens (including phenoxy) is 1. The molecule has 3 rings (SSSR count). The fourth-order valence-electron chi connectivity index (χ4n) is 3.96. The molecule has 0 aliphatic heterocycles. The van der Waals surface area contributed by atoms with Crippen molar-refractivity contribution in [3.05, 3.63) is 94.5 Å². The summed E-state index contributed by atoms with van der Waals surface area (Å²) < 4.78 is 33.6. The Labute approximate surface area is 233 Å². The van der Waals surface area contributed by atoms with Crippen molar-refractivity contribution in [2.24, 2.45) is 0 Å². The number of nitro benzene ring substituents is 1. The number of rotatable bonds is 13. The maximum Gasteiger partial charge on any atom is 0.271 e. The van der Waals surface area contributed by atoms with Crippen LogP contribution in [0.25, 0.3) is 0 Å². The second kappa shape index (κ2) is 13.6. The van der Waals surface area contributed by atoms with Crippen LogP contribution in [0.4, 0.5) is 11.4 Å². The Bertz CT molecular complexity index is 1450. The number of hydrogen-bond acceptors (Lipinski definition) is 7. The minimum atomic E-state index is -4.33. The van der Waals surface area contributed by atoms with E-state index in [9.17, 15) is 28.1 Å². The van der Waals surface area contributed by atoms with Crippen molar-refractivity contribution >= 4 is 33.2 Å². The predicted octanol–water partition coefficient (Wildman–Crippen LogP) is 3.74. The molecule has 0 spiro atoms. The van der Waals surface area contributed by atoms with E-state index in [2.05, 4.69) is 5.32 Å². The number of nitro groups is 1. The van der Waals surface area contributed by atoms with E-state index in [0.29, 0.717) is 24.3 Å². The lowest BCUT2D eigenvalue weighted by Crippen LogP contribution is -2.51. The van der Waals surface area contributed by atoms with E-state index in [-0.39, 0.29) is 22.8 Å². The van der Waals surface area contributed by atoms with Crippen molar-refractivity contribution in [1.29, 1.82) is 0 Å². The fraction of sp³-hybridized carbons (Fsp3) is 0.286. The first-order chi connectivity index (χ1) is 19.1. The van der Waals surface area contributed by atoms with Gasteiger partial charge in [-0.1, -0.05) is 43.3 Å². The number of nitrogens with zero attached hydrogens (tertiary/aromatic N) is 3. The molecule has 3 aromatic carbocycles. The van der Waals surface area contributed by atoms with Gasteiger partial charge >= 0.3 is 0 Å². The van der Waals surface area contributed by atoms with Crippen LogP contribution in [-0.2, 0) is 26.2 Å². The van der Waals surface area contributed by atoms with Crippen molar-refractivity contribution in [2.45, 2.75) is 37.8 Å². The van der Waals surface area contributed by atoms with Crippen LogP contribution >= 0.6 is 0 Å². The number of carbonyl (C=O) groups excluding carboxylic acids is 2. The summed E-state index contributed by atoms with van der Waals surface area (Å²) in [5.74, 6) is -0.517. The van der Waals surface area contributed by atoms with Crippen molar-refractivity contribution in [3.8, 4) is 5.75 Å². The molecule has 0 aliphatic rings. The summed E-state index contributed by atoms with van der Waals surface area (Å²) in [4.78, 5) is 38.8. The normalized spacial score (nSPS) is 11.8. The first-order valence-corrected chi connectivity index (χ1v) is 14.0. The highest BCUT2D eigenvalue weighted by atomic mass is 32.2. The second-order valence-corrected chi connectivity index (χ2v) is 10.8. The second-order valence-electron chi connectivity index (χ2n) is 8.94. The molecule has 1 atom stereocenters. The molecule has 2 amide bonds. The summed E-state index contributed by atoms with van der Waals surface area (Å²) >= 11 is 0. The average molecular weight is 569 g/mol. The van der Waals surface area contributed by atoms with Gasteiger partial charge in [0.1, 0.15) is 18.3 Å². The molecule has 0 heterocycles. The van der Waals surface area contributed by atoms with Crippen molar-refractivity contribution in [2.75, 3.05) is 24.5 Å². The van der Waals surface area contributed by atoms with Crippen LogP contribution in [0.1, 0.15) is 25.8 Å². The molecule has 3 aromatic rings. The zero-order valence-corrected chi connectivity index (χ0v) is 23.3. The standard InChI is InChI=1S/C28H32N4O7S/c1-4-16-29-28(34)21(2)30(19-22-10-8-13-25(17-22)39-3)27(33)20-31(23-11-9-12-24(18-23)32(35)36)40(37,38)26-14-6-5-7-15-26/h5-15,17-18,21H,4,16,19-20H2,1-3H3,(H,29,34). The number of anilines is 1. The summed E-state index contributed by atoms with van der Waals surface area (Å²) in [5, 5.41) is 14.2. The highest BCUT2D eigenvalue weighted by Gasteiger charge is 2.33. The first-order valence-electron chi connectivity index (χ1n) is 12.6. The SMILES string of the molecule is CCCNC(=O)C(C)N(Cc1cccc(OC)c1)C(=O)CN(c1cccc([N+](=O)[O-])c1)S(=O)(=O)c1ccccc1. The van der Waals surface area contributed by atoms with Gasteiger partial charge in [-0.3, -0.25) is 24.0 Å². The number of nitrogens with one attached hydrogen (secondary N) is 1. The van der Waals surface area contributed by atoms with Gasteiger partial charge in [-0.25, -0.2) is 8.42 Å². The molecule has 11 nitrogen and oxygen atoms in total. The van der Waals surface area contributed by atoms with E-state index in [4.69, 9.17) is 4.74 Å². The molecule has 40 heavy (non-hydrogen) atoms. The van der Waals surface area contributed by atoms with Crippen LogP contribution in [0.5, 0.6) is 5.75 Å². The van der Waals surface area contributed by atoms with Gasteiger partial charge < -0.3 is 15.0 Å². The molecule has 0 radical (unpaired) electrons. The van der Waals surface area contributed by atoms with Crippen LogP contribution in [0.2, 0.25) is 0 Å². The molecule has 12 heteroatoms. The van der Waals surface area contributed by atoms with Gasteiger partial charge in [0.15, 0.2) is 0 Å². The van der Waals surface area contributed by atoms with Crippen molar-refractivity contribution in [3.63, 3.8) is 0 Å². The monoisotopic (exact) mass is 568 g/mol. The average Bonchev–Trinajstić information content (AvgIpc) is 2.97. The van der Waals surface area contributed by atoms with E-state index in [1.807, 2.05) is 6.92 Å². The van der Waals surface area contributed by atoms with Crippen LogP contribution in [0, 0.1) is 10.1 Å². The van der Waals surface area contributed by atoms with Gasteiger partial charge in [-0.05, 0) is 49.2 Å². The maximum atomic E-state index is 13.9. The van der Waals surface area contributed by atoms with Gasteiger partial charge in [-0.2, -0.15) is 0 Å². The minimum absolute atomic E-state index is 0.00902. The highest BCUT2D eigenvalue weighted by molar-refractivity contribution is 7.92. The molecular weight excluding hydrogens is 536 g/mol. The van der Waals surface area contributed by atoms with Crippen LogP contribution in [-0.4, -0.2) is 56.3 Å². The summed E-state index contributed by atoms with van der Waals surface area (Å²) in [6, 6.07) is 18.5. The number of methoxy groups -OCH3 is 1. The highest BCUT2D eigenvalue weighted by Crippen LogP contribution is 2.27. The zero-order chi connectivity index (χ0) is 29.3. The van der Waals surface area contributed by atoms with Crippen LogP contribution in [0.3, 0.4) is 0 Å². The van der Waals surface area contributed by atoms with Gasteiger partial charge in [0.05, 0.1) is 22.6 Å². The third-order valence-electron chi connectivity index (χ3n) is 6.14. The number of amides is 2. The first kappa shape index (κ1) is 30.1. The van der Waals surface area contributed by atoms with E-state index in [1.54, 1.807) is 37.3 Å². The van der Waals surface area contributed by atoms with Crippen LogP contribution < -0.4 is 14.4 Å². The molecule has 0 bridgehead atoms. The maximum absolute atomic E-state index is 13.9. The number of non-ortho nitro benzene ring substituents is 1. The topological polar surface area (TPSA) is 139 Å². The summed E-state index contributed by atoms with van der Waals surface area (Å²) in [5.41, 5.74) is 0.269. The summed E-state index contributed by atoms with van der Waals surface area (Å²) in [6.45, 7) is 3.16. The van der Waals surface area contributed by atoms with Gasteiger partial charge in [0.2, 0.25) is 11.8 Å². The Balaban J connectivity index is 2.06. The Hall–Kier alpha value is -4.45. The third-order valence-corrected chi connectivity index (χ3v) is 7.93. The molecule has 0 aromatic heterocycles. The smallest absolute Gasteiger partial charge is 0.271 e. The van der Waals surface area contributed by atoms with E-state index < -0.39 is 39.3 Å². The lowest BCUT2D eigenvalue weighted by molar-refractivity contribution is -0.384. The number of benzene rings is 3. The molecule has 0 fully saturated rings. The Morgan fingerprint density at radius 2 is 1.73 bits per heavy atom. The van der Waals surface area contributed by atoms with Gasteiger partial charge in [0, 0.05) is 25.2 Å². The Kier molecular flexibility index (Phi) is 10.2. The lowest BCUT2D eigenvalue weighted by Gasteiger charge is -2.32. The van der Waals surface area contributed by atoms with E-state index in [0.717, 1.165) is 10.4 Å². The molecular formula is C28H32N4O7S. The number of carbonyl (C=O) groups is 2. The minimum Gasteiger partial charge on any atom is -0.497 e. The molecule has 1 N–H and O–H groups in total. The molecule has 0 aliphatic carbocycles. The molecule has 1 unspecified atom stereocenters. The quantitative estimate of drug-likeness (QED) is 0.245. The number of sulfonamides is 1. The predicted molar refractivity (Wildman–Crippen MR) is 150 cm³/mol. The van der Waals surface area contributed by atoms with Gasteiger partial charge in [-0.15, -0.1) is 0 Å². The van der Waals surface area contributed by atoms with Gasteiger partial charge in [0.25, 0.3) is 15.7 Å². The summed E-state index contributed by atoms with van der Waals surface area (Å²) in [7, 11) is -2.82. The molecule has 0 saturated carbocycles. The largest absolute Gasteiger partial charge is 0.497 e. The lowest BCUT2D eigenvalue weighted by atomic mass is 10.1. The van der Waals surface area contributed by atoms with E-state index >= 15 is 0 Å². The van der Waals surface area contributed by atoms with Crippen molar-refractivity contribution < 1.29 is 27.7 Å². The van der Waals surface area contributed by atoms with E-state index in [1.165, 1.54) is 54.5 Å². The molecule has 212 valence electrons. The Morgan fingerprint density at radius 1 is 1.02 bits per heavy atom.